The fraction of sp³-hybridized carbons (Fsp3) is 0.619. The van der Waals surface area contributed by atoms with Crippen molar-refractivity contribution in [1.29, 1.82) is 0 Å². The number of amides is 2. The Morgan fingerprint density at radius 1 is 1.10 bits per heavy atom. The summed E-state index contributed by atoms with van der Waals surface area (Å²) in [5.41, 5.74) is -0.691. The molecular weight excluding hydrogens is 376 g/mol. The predicted octanol–water partition coefficient (Wildman–Crippen LogP) is 2.13. The SMILES string of the molecule is CC(C)(C)OC(=O)N1CCC2(CC1)C(O)C(O)CN2C(=O)OCc1ccccc1. The van der Waals surface area contributed by atoms with Crippen LogP contribution in [0.3, 0.4) is 0 Å². The van der Waals surface area contributed by atoms with Crippen molar-refractivity contribution >= 4 is 12.2 Å². The summed E-state index contributed by atoms with van der Waals surface area (Å²) in [7, 11) is 0. The summed E-state index contributed by atoms with van der Waals surface area (Å²) in [6.45, 7) is 6.17. The van der Waals surface area contributed by atoms with Crippen molar-refractivity contribution in [2.75, 3.05) is 19.6 Å². The van der Waals surface area contributed by atoms with Crippen LogP contribution in [0.1, 0.15) is 39.2 Å². The van der Waals surface area contributed by atoms with Crippen LogP contribution in [0.5, 0.6) is 0 Å². The minimum Gasteiger partial charge on any atom is -0.445 e. The summed E-state index contributed by atoms with van der Waals surface area (Å²) in [6, 6.07) is 9.32. The highest BCUT2D eigenvalue weighted by Gasteiger charge is 2.56. The van der Waals surface area contributed by atoms with Gasteiger partial charge in [-0.2, -0.15) is 0 Å². The Labute approximate surface area is 171 Å². The van der Waals surface area contributed by atoms with E-state index >= 15 is 0 Å². The highest BCUT2D eigenvalue weighted by molar-refractivity contribution is 5.71. The van der Waals surface area contributed by atoms with Crippen molar-refractivity contribution < 1.29 is 29.3 Å². The second kappa shape index (κ2) is 8.20. The molecule has 2 saturated heterocycles. The topological polar surface area (TPSA) is 99.5 Å². The Morgan fingerprint density at radius 2 is 1.72 bits per heavy atom. The summed E-state index contributed by atoms with van der Waals surface area (Å²) in [5.74, 6) is 0. The van der Waals surface area contributed by atoms with Gasteiger partial charge < -0.3 is 24.6 Å². The first-order valence-corrected chi connectivity index (χ1v) is 9.95. The van der Waals surface area contributed by atoms with Gasteiger partial charge >= 0.3 is 12.2 Å². The smallest absolute Gasteiger partial charge is 0.410 e. The van der Waals surface area contributed by atoms with E-state index in [9.17, 15) is 19.8 Å². The number of aliphatic hydroxyl groups excluding tert-OH is 2. The minimum absolute atomic E-state index is 0.00122. The van der Waals surface area contributed by atoms with Crippen LogP contribution in [-0.4, -0.2) is 75.2 Å². The van der Waals surface area contributed by atoms with Gasteiger partial charge in [0.05, 0.1) is 18.2 Å². The molecule has 8 heteroatoms. The number of aliphatic hydroxyl groups is 2. The third-order valence-corrected chi connectivity index (χ3v) is 5.53. The molecule has 1 aromatic carbocycles. The van der Waals surface area contributed by atoms with Gasteiger partial charge in [-0.1, -0.05) is 30.3 Å². The van der Waals surface area contributed by atoms with Gasteiger partial charge in [0.2, 0.25) is 0 Å². The second-order valence-electron chi connectivity index (χ2n) is 8.73. The molecule has 3 rings (SSSR count). The number of benzene rings is 1. The van der Waals surface area contributed by atoms with E-state index in [4.69, 9.17) is 9.47 Å². The Hall–Kier alpha value is -2.32. The van der Waals surface area contributed by atoms with Crippen LogP contribution in [0.15, 0.2) is 30.3 Å². The molecular formula is C21H30N2O6. The van der Waals surface area contributed by atoms with E-state index in [1.807, 2.05) is 30.3 Å². The van der Waals surface area contributed by atoms with Gasteiger partial charge in [-0.25, -0.2) is 9.59 Å². The van der Waals surface area contributed by atoms with E-state index in [2.05, 4.69) is 0 Å². The Balaban J connectivity index is 1.66. The third kappa shape index (κ3) is 4.64. The van der Waals surface area contributed by atoms with Crippen LogP contribution in [0, 0.1) is 0 Å². The number of hydrogen-bond acceptors (Lipinski definition) is 6. The molecule has 2 aliphatic rings. The van der Waals surface area contributed by atoms with E-state index < -0.39 is 35.5 Å². The summed E-state index contributed by atoms with van der Waals surface area (Å²) < 4.78 is 10.8. The highest BCUT2D eigenvalue weighted by Crippen LogP contribution is 2.39. The lowest BCUT2D eigenvalue weighted by Crippen LogP contribution is -2.60. The maximum absolute atomic E-state index is 12.8. The normalized spacial score (nSPS) is 23.9. The molecule has 1 spiro atoms. The molecule has 2 amide bonds. The number of ether oxygens (including phenoxy) is 2. The molecule has 0 saturated carbocycles. The first-order valence-electron chi connectivity index (χ1n) is 9.95. The molecule has 0 aromatic heterocycles. The molecule has 0 bridgehead atoms. The van der Waals surface area contributed by atoms with Crippen molar-refractivity contribution in [1.82, 2.24) is 9.80 Å². The van der Waals surface area contributed by atoms with E-state index in [0.29, 0.717) is 25.9 Å². The molecule has 2 heterocycles. The van der Waals surface area contributed by atoms with Crippen molar-refractivity contribution in [3.05, 3.63) is 35.9 Å². The highest BCUT2D eigenvalue weighted by atomic mass is 16.6. The molecule has 29 heavy (non-hydrogen) atoms. The van der Waals surface area contributed by atoms with Gasteiger partial charge in [0.1, 0.15) is 18.3 Å². The molecule has 8 nitrogen and oxygen atoms in total. The molecule has 2 atom stereocenters. The number of hydrogen-bond donors (Lipinski definition) is 2. The van der Waals surface area contributed by atoms with Gasteiger partial charge in [-0.15, -0.1) is 0 Å². The monoisotopic (exact) mass is 406 g/mol. The number of rotatable bonds is 2. The van der Waals surface area contributed by atoms with Crippen LogP contribution in [-0.2, 0) is 16.1 Å². The quantitative estimate of drug-likeness (QED) is 0.781. The number of likely N-dealkylation sites (tertiary alicyclic amines) is 2. The summed E-state index contributed by atoms with van der Waals surface area (Å²) in [4.78, 5) is 28.1. The van der Waals surface area contributed by atoms with Gasteiger partial charge in [0.25, 0.3) is 0 Å². The number of β-amino-alcohol motifs (C(OH)–C–C–N with tert-alkyl or cyclic N) is 1. The zero-order chi connectivity index (χ0) is 21.2. The molecule has 2 fully saturated rings. The maximum Gasteiger partial charge on any atom is 0.410 e. The van der Waals surface area contributed by atoms with Crippen LogP contribution in [0.4, 0.5) is 9.59 Å². The number of carbonyl (C=O) groups is 2. The van der Waals surface area contributed by atoms with Gasteiger partial charge in [0, 0.05) is 13.1 Å². The van der Waals surface area contributed by atoms with E-state index in [1.165, 1.54) is 4.90 Å². The number of carbonyl (C=O) groups excluding carboxylic acids is 2. The van der Waals surface area contributed by atoms with Crippen molar-refractivity contribution in [2.24, 2.45) is 0 Å². The zero-order valence-corrected chi connectivity index (χ0v) is 17.2. The van der Waals surface area contributed by atoms with Gasteiger partial charge in [-0.05, 0) is 39.2 Å². The minimum atomic E-state index is -1.09. The fourth-order valence-corrected chi connectivity index (χ4v) is 4.01. The van der Waals surface area contributed by atoms with E-state index in [1.54, 1.807) is 25.7 Å². The molecule has 2 unspecified atom stereocenters. The average molecular weight is 406 g/mol. The van der Waals surface area contributed by atoms with Gasteiger partial charge in [-0.3, -0.25) is 4.90 Å². The fourth-order valence-electron chi connectivity index (χ4n) is 4.01. The number of nitrogens with zero attached hydrogens (tertiary/aromatic N) is 2. The zero-order valence-electron chi connectivity index (χ0n) is 17.2. The molecule has 1 aromatic rings. The van der Waals surface area contributed by atoms with Crippen LogP contribution in [0.25, 0.3) is 0 Å². The van der Waals surface area contributed by atoms with Crippen molar-refractivity contribution in [2.45, 2.75) is 63.6 Å². The summed E-state index contributed by atoms with van der Waals surface area (Å²) in [5, 5.41) is 20.9. The summed E-state index contributed by atoms with van der Waals surface area (Å²) in [6.07, 6.45) is -2.45. The first kappa shape index (κ1) is 21.4. The molecule has 160 valence electrons. The lowest BCUT2D eigenvalue weighted by Gasteiger charge is -2.45. The largest absolute Gasteiger partial charge is 0.445 e. The predicted molar refractivity (Wildman–Crippen MR) is 105 cm³/mol. The Morgan fingerprint density at radius 3 is 2.31 bits per heavy atom. The standard InChI is InChI=1S/C21H30N2O6/c1-20(2,3)29-18(26)22-11-9-21(10-12-22)17(25)16(24)13-23(21)19(27)28-14-15-7-5-4-6-8-15/h4-8,16-17,24-25H,9-14H2,1-3H3. The van der Waals surface area contributed by atoms with Crippen molar-refractivity contribution in [3.63, 3.8) is 0 Å². The maximum atomic E-state index is 12.8. The molecule has 2 N–H and O–H groups in total. The second-order valence-corrected chi connectivity index (χ2v) is 8.73. The Bertz CT molecular complexity index is 724. The lowest BCUT2D eigenvalue weighted by molar-refractivity contribution is -0.0452. The average Bonchev–Trinajstić information content (AvgIpc) is 2.91. The number of piperidine rings is 1. The first-order chi connectivity index (χ1) is 13.6. The molecule has 0 aliphatic carbocycles. The molecule has 2 aliphatic heterocycles. The van der Waals surface area contributed by atoms with Crippen molar-refractivity contribution in [3.8, 4) is 0 Å². The van der Waals surface area contributed by atoms with Crippen LogP contribution < -0.4 is 0 Å². The molecule has 0 radical (unpaired) electrons. The Kier molecular flexibility index (Phi) is 6.05. The van der Waals surface area contributed by atoms with Gasteiger partial charge in [0.15, 0.2) is 0 Å². The van der Waals surface area contributed by atoms with Crippen LogP contribution in [0.2, 0.25) is 0 Å². The van der Waals surface area contributed by atoms with Crippen LogP contribution >= 0.6 is 0 Å². The van der Waals surface area contributed by atoms with E-state index in [-0.39, 0.29) is 13.2 Å². The lowest BCUT2D eigenvalue weighted by atomic mass is 9.82. The third-order valence-electron chi connectivity index (χ3n) is 5.53. The summed E-state index contributed by atoms with van der Waals surface area (Å²) >= 11 is 0. The van der Waals surface area contributed by atoms with E-state index in [0.717, 1.165) is 5.56 Å².